The van der Waals surface area contributed by atoms with Gasteiger partial charge in [0, 0.05) is 12.1 Å². The predicted octanol–water partition coefficient (Wildman–Crippen LogP) is 1.62. The van der Waals surface area contributed by atoms with Crippen LogP contribution in [0.4, 0.5) is 15.8 Å². The third kappa shape index (κ3) is 4.36. The molecule has 0 spiro atoms. The van der Waals surface area contributed by atoms with E-state index in [1.807, 2.05) is 0 Å². The fraction of sp³-hybridized carbons (Fsp3) is 0.500. The summed E-state index contributed by atoms with van der Waals surface area (Å²) >= 11 is 0. The maximum atomic E-state index is 13.7. The van der Waals surface area contributed by atoms with Gasteiger partial charge in [0.25, 0.3) is 5.69 Å². The normalized spacial score (nSPS) is 19.2. The SMILES string of the molecule is O=[N+]([O-])c1ccc(NS(=O)(=O)CC2CCCCN2)c(F)c1. The number of rotatable bonds is 5. The van der Waals surface area contributed by atoms with Crippen LogP contribution in [0.15, 0.2) is 18.2 Å². The molecule has 1 aliphatic heterocycles. The zero-order chi connectivity index (χ0) is 15.5. The standard InChI is InChI=1S/C12H16FN3O4S/c13-11-7-10(16(17)18)4-5-12(11)15-21(19,20)8-9-3-1-2-6-14-9/h4-5,7,9,14-15H,1-3,6,8H2. The van der Waals surface area contributed by atoms with Crippen LogP contribution in [-0.2, 0) is 10.0 Å². The van der Waals surface area contributed by atoms with Gasteiger partial charge in [-0.2, -0.15) is 0 Å². The molecule has 0 radical (unpaired) electrons. The van der Waals surface area contributed by atoms with Crippen molar-refractivity contribution < 1.29 is 17.7 Å². The van der Waals surface area contributed by atoms with E-state index < -0.39 is 26.5 Å². The Bertz CT molecular complexity index is 629. The second-order valence-electron chi connectivity index (χ2n) is 4.95. The second-order valence-corrected chi connectivity index (χ2v) is 6.72. The maximum absolute atomic E-state index is 13.7. The van der Waals surface area contributed by atoms with Crippen LogP contribution in [0.1, 0.15) is 19.3 Å². The molecule has 1 atom stereocenters. The van der Waals surface area contributed by atoms with Crippen LogP contribution in [0.3, 0.4) is 0 Å². The number of halogens is 1. The molecule has 0 saturated carbocycles. The number of nitrogens with zero attached hydrogens (tertiary/aromatic N) is 1. The number of non-ortho nitro benzene ring substituents is 1. The van der Waals surface area contributed by atoms with Crippen LogP contribution in [0, 0.1) is 15.9 Å². The van der Waals surface area contributed by atoms with Gasteiger partial charge in [-0.3, -0.25) is 14.8 Å². The lowest BCUT2D eigenvalue weighted by atomic mass is 10.1. The van der Waals surface area contributed by atoms with Crippen molar-refractivity contribution in [3.05, 3.63) is 34.1 Å². The molecule has 1 saturated heterocycles. The molecule has 0 amide bonds. The Hall–Kier alpha value is -1.74. The number of anilines is 1. The van der Waals surface area contributed by atoms with Crippen LogP contribution in [0.5, 0.6) is 0 Å². The van der Waals surface area contributed by atoms with Crippen LogP contribution in [0.25, 0.3) is 0 Å². The van der Waals surface area contributed by atoms with E-state index in [4.69, 9.17) is 0 Å². The lowest BCUT2D eigenvalue weighted by Crippen LogP contribution is -2.40. The Morgan fingerprint density at radius 1 is 1.43 bits per heavy atom. The first-order valence-corrected chi connectivity index (χ1v) is 8.20. The van der Waals surface area contributed by atoms with Gasteiger partial charge in [-0.1, -0.05) is 6.42 Å². The molecular weight excluding hydrogens is 301 g/mol. The van der Waals surface area contributed by atoms with Crippen molar-refractivity contribution in [3.63, 3.8) is 0 Å². The van der Waals surface area contributed by atoms with E-state index in [0.29, 0.717) is 6.07 Å². The molecule has 1 unspecified atom stereocenters. The molecule has 0 bridgehead atoms. The van der Waals surface area contributed by atoms with E-state index in [1.54, 1.807) is 0 Å². The molecule has 0 aliphatic carbocycles. The Labute approximate surface area is 121 Å². The van der Waals surface area contributed by atoms with Crippen molar-refractivity contribution in [1.29, 1.82) is 0 Å². The van der Waals surface area contributed by atoms with Crippen molar-refractivity contribution in [2.75, 3.05) is 17.0 Å². The first-order valence-electron chi connectivity index (χ1n) is 6.55. The highest BCUT2D eigenvalue weighted by Crippen LogP contribution is 2.22. The number of hydrogen-bond acceptors (Lipinski definition) is 5. The van der Waals surface area contributed by atoms with Crippen LogP contribution in [-0.4, -0.2) is 31.7 Å². The lowest BCUT2D eigenvalue weighted by molar-refractivity contribution is -0.385. The number of nitrogens with one attached hydrogen (secondary N) is 2. The minimum atomic E-state index is -3.71. The van der Waals surface area contributed by atoms with Crippen molar-refractivity contribution >= 4 is 21.4 Å². The van der Waals surface area contributed by atoms with E-state index in [2.05, 4.69) is 10.0 Å². The number of sulfonamides is 1. The van der Waals surface area contributed by atoms with Crippen molar-refractivity contribution in [2.24, 2.45) is 0 Å². The van der Waals surface area contributed by atoms with E-state index in [9.17, 15) is 22.9 Å². The average molecular weight is 317 g/mol. The molecule has 21 heavy (non-hydrogen) atoms. The Morgan fingerprint density at radius 2 is 2.19 bits per heavy atom. The highest BCUT2D eigenvalue weighted by Gasteiger charge is 2.22. The van der Waals surface area contributed by atoms with Gasteiger partial charge in [0.05, 0.1) is 22.4 Å². The fourth-order valence-electron chi connectivity index (χ4n) is 2.24. The quantitative estimate of drug-likeness (QED) is 0.635. The summed E-state index contributed by atoms with van der Waals surface area (Å²) in [4.78, 5) is 9.76. The van der Waals surface area contributed by atoms with E-state index in [0.717, 1.165) is 37.9 Å². The zero-order valence-electron chi connectivity index (χ0n) is 11.2. The predicted molar refractivity (Wildman–Crippen MR) is 76.1 cm³/mol. The summed E-state index contributed by atoms with van der Waals surface area (Å²) < 4.78 is 39.8. The first-order chi connectivity index (χ1) is 9.87. The summed E-state index contributed by atoms with van der Waals surface area (Å²) in [6, 6.07) is 2.65. The van der Waals surface area contributed by atoms with E-state index in [1.165, 1.54) is 0 Å². The minimum absolute atomic E-state index is 0.149. The molecule has 0 aromatic heterocycles. The monoisotopic (exact) mass is 317 g/mol. The van der Waals surface area contributed by atoms with Crippen LogP contribution >= 0.6 is 0 Å². The third-order valence-corrected chi connectivity index (χ3v) is 4.63. The lowest BCUT2D eigenvalue weighted by Gasteiger charge is -2.23. The van der Waals surface area contributed by atoms with Gasteiger partial charge >= 0.3 is 0 Å². The molecule has 1 aromatic carbocycles. The fourth-order valence-corrected chi connectivity index (χ4v) is 3.64. The molecular formula is C12H16FN3O4S. The maximum Gasteiger partial charge on any atom is 0.272 e. The Kier molecular flexibility index (Phi) is 4.73. The first kappa shape index (κ1) is 15.6. The number of piperidine rings is 1. The van der Waals surface area contributed by atoms with Crippen LogP contribution in [0.2, 0.25) is 0 Å². The number of hydrogen-bond donors (Lipinski definition) is 2. The van der Waals surface area contributed by atoms with Crippen LogP contribution < -0.4 is 10.0 Å². The van der Waals surface area contributed by atoms with Gasteiger partial charge in [0.15, 0.2) is 5.82 Å². The molecule has 2 N–H and O–H groups in total. The minimum Gasteiger partial charge on any atom is -0.313 e. The Balaban J connectivity index is 2.07. The topological polar surface area (TPSA) is 101 Å². The van der Waals surface area contributed by atoms with Crippen molar-refractivity contribution in [1.82, 2.24) is 5.32 Å². The van der Waals surface area contributed by atoms with Crippen molar-refractivity contribution in [3.8, 4) is 0 Å². The summed E-state index contributed by atoms with van der Waals surface area (Å²) in [5.41, 5.74) is -0.708. The van der Waals surface area contributed by atoms with Gasteiger partial charge < -0.3 is 5.32 Å². The molecule has 7 nitrogen and oxygen atoms in total. The number of nitro groups is 1. The van der Waals surface area contributed by atoms with Gasteiger partial charge in [-0.25, -0.2) is 12.8 Å². The second kappa shape index (κ2) is 6.35. The highest BCUT2D eigenvalue weighted by molar-refractivity contribution is 7.92. The number of benzene rings is 1. The molecule has 1 heterocycles. The summed E-state index contributed by atoms with van der Waals surface area (Å²) in [7, 11) is -3.71. The molecule has 1 fully saturated rings. The van der Waals surface area contributed by atoms with Gasteiger partial charge in [-0.15, -0.1) is 0 Å². The largest absolute Gasteiger partial charge is 0.313 e. The highest BCUT2D eigenvalue weighted by atomic mass is 32.2. The molecule has 116 valence electrons. The molecule has 2 rings (SSSR count). The summed E-state index contributed by atoms with van der Waals surface area (Å²) in [6.45, 7) is 0.770. The number of nitro benzene ring substituents is 1. The van der Waals surface area contributed by atoms with Crippen molar-refractivity contribution in [2.45, 2.75) is 25.3 Å². The summed E-state index contributed by atoms with van der Waals surface area (Å²) in [5, 5.41) is 13.6. The smallest absolute Gasteiger partial charge is 0.272 e. The third-order valence-electron chi connectivity index (χ3n) is 3.26. The van der Waals surface area contributed by atoms with E-state index in [-0.39, 0.29) is 17.5 Å². The summed E-state index contributed by atoms with van der Waals surface area (Å²) in [5.74, 6) is -1.12. The van der Waals surface area contributed by atoms with E-state index >= 15 is 0 Å². The molecule has 1 aromatic rings. The molecule has 1 aliphatic rings. The summed E-state index contributed by atoms with van der Waals surface area (Å²) in [6.07, 6.45) is 2.73. The molecule has 9 heteroatoms. The van der Waals surface area contributed by atoms with Gasteiger partial charge in [0.2, 0.25) is 10.0 Å². The van der Waals surface area contributed by atoms with Gasteiger partial charge in [-0.05, 0) is 25.5 Å². The Morgan fingerprint density at radius 3 is 2.76 bits per heavy atom. The average Bonchev–Trinajstić information content (AvgIpc) is 2.41. The van der Waals surface area contributed by atoms with Gasteiger partial charge in [0.1, 0.15) is 0 Å². The zero-order valence-corrected chi connectivity index (χ0v) is 12.0.